The average Bonchev–Trinajstić information content (AvgIpc) is 1.59. The number of rotatable bonds is 28. The summed E-state index contributed by atoms with van der Waals surface area (Å²) in [4.78, 5) is 47.4. The van der Waals surface area contributed by atoms with Crippen LogP contribution in [0.3, 0.4) is 0 Å². The molecule has 18 nitrogen and oxygen atoms in total. The highest BCUT2D eigenvalue weighted by Gasteiger charge is 2.47. The van der Waals surface area contributed by atoms with Crippen molar-refractivity contribution < 1.29 is 49.9 Å². The molecule has 0 aromatic heterocycles. The van der Waals surface area contributed by atoms with Gasteiger partial charge in [-0.05, 0) is 190 Å². The summed E-state index contributed by atoms with van der Waals surface area (Å²) in [6, 6.07) is 24.9. The lowest BCUT2D eigenvalue weighted by Crippen LogP contribution is -2.38. The quantitative estimate of drug-likeness (QED) is 0.0202. The van der Waals surface area contributed by atoms with Crippen LogP contribution in [-0.2, 0) is 45.4 Å². The molecule has 13 rings (SSSR count). The van der Waals surface area contributed by atoms with Gasteiger partial charge in [-0.1, -0.05) is 132 Å². The lowest BCUT2D eigenvalue weighted by molar-refractivity contribution is -0.438. The maximum Gasteiger partial charge on any atom is 0.264 e. The number of amides is 2. The van der Waals surface area contributed by atoms with E-state index in [0.29, 0.717) is 50.4 Å². The summed E-state index contributed by atoms with van der Waals surface area (Å²) in [6.07, 6.45) is 22.3. The van der Waals surface area contributed by atoms with E-state index in [2.05, 4.69) is 174 Å². The molecule has 0 spiro atoms. The van der Waals surface area contributed by atoms with E-state index < -0.39 is 42.7 Å². The number of nitrogens with zero attached hydrogens (tertiary/aromatic N) is 5. The van der Waals surface area contributed by atoms with Gasteiger partial charge in [-0.25, -0.2) is 23.4 Å². The minimum Gasteiger partial charge on any atom is -0.748 e. The second-order valence-electron chi connectivity index (χ2n) is 31.6. The normalized spacial score (nSPS) is 21.9. The fraction of sp³-hybridized carbons (Fsp3) is 0.432. The number of nitrogens with one attached hydrogen (secondary N) is 3. The van der Waals surface area contributed by atoms with Gasteiger partial charge >= 0.3 is 0 Å². The summed E-state index contributed by atoms with van der Waals surface area (Å²) in [5.74, 6) is -1.80. The van der Waals surface area contributed by atoms with Gasteiger partial charge in [0.1, 0.15) is 12.3 Å². The first-order chi connectivity index (χ1) is 52.0. The fourth-order valence-electron chi connectivity index (χ4n) is 17.9. The molecule has 2 amide bonds. The Morgan fingerprint density at radius 2 is 1.49 bits per heavy atom. The Bertz CT molecular complexity index is 5250. The number of benzene rings is 4. The maximum absolute atomic E-state index is 15.0. The second-order valence-corrected chi connectivity index (χ2v) is 35.0. The van der Waals surface area contributed by atoms with Gasteiger partial charge in [-0.3, -0.25) is 14.1 Å². The summed E-state index contributed by atoms with van der Waals surface area (Å²) in [5, 5.41) is 26.8. The molecule has 7 heterocycles. The van der Waals surface area contributed by atoms with Crippen molar-refractivity contribution >= 4 is 99.4 Å². The Kier molecular flexibility index (Phi) is 23.0. The van der Waals surface area contributed by atoms with E-state index in [1.54, 1.807) is 0 Å². The third-order valence-electron chi connectivity index (χ3n) is 23.6. The summed E-state index contributed by atoms with van der Waals surface area (Å²) >= 11 is 7.70. The summed E-state index contributed by atoms with van der Waals surface area (Å²) in [6.45, 7) is 25.5. The van der Waals surface area contributed by atoms with Crippen molar-refractivity contribution in [3.63, 3.8) is 0 Å². The molecule has 4 aromatic rings. The topological polar surface area (TPSA) is 255 Å². The first-order valence-electron chi connectivity index (χ1n) is 38.9. The highest BCUT2D eigenvalue weighted by atomic mass is 35.5. The molecule has 7 aliphatic heterocycles. The molecule has 109 heavy (non-hydrogen) atoms. The Morgan fingerprint density at radius 1 is 0.789 bits per heavy atom. The van der Waals surface area contributed by atoms with Gasteiger partial charge in [0.05, 0.1) is 61.6 Å². The molecule has 5 N–H and O–H groups in total. The number of fused-ring (bicyclic) bond motifs is 11. The molecule has 9 aliphatic rings. The third-order valence-corrected chi connectivity index (χ3v) is 25.7. The SMILES string of the molecule is CCCCCCOC(C)C1=C(C)C2=NC1=CC1=NC(=CC3=C(C)C4=C(O)CC(=C5NC(=C2)[C@@H](C)[C@@H]5CCC(=O)NCCNC(=O)C2CC(=CC=C5N(CCCCS(=O)(=O)[O-])c6ccc7ccccc7c6C5(C)C)C(Cl)=C(C=CC5=[N+](CCCCS(=O)(=O)O)c6ccc7ccccc7c6C5(C)C)C2)C4=N3)C(CC)=C1C. The number of halogens is 1. The zero-order valence-electron chi connectivity index (χ0n) is 64.7. The molecule has 8 bridgehead atoms. The Hall–Kier alpha value is -8.63. The van der Waals surface area contributed by atoms with Crippen LogP contribution in [0, 0.1) is 17.8 Å². The van der Waals surface area contributed by atoms with E-state index >= 15 is 0 Å². The lowest BCUT2D eigenvalue weighted by atomic mass is 9.78. The lowest BCUT2D eigenvalue weighted by Gasteiger charge is -2.28. The van der Waals surface area contributed by atoms with Crippen LogP contribution in [0.1, 0.15) is 177 Å². The summed E-state index contributed by atoms with van der Waals surface area (Å²) in [7, 11) is -8.60. The fourth-order valence-corrected chi connectivity index (χ4v) is 19.3. The standard InChI is InChI=1S/C88H103ClN8O10S2/c1-12-14-15-22-43-107-56(7)79-54(5)69-49-68-53(4)63(84(94-68)66-48-75(98)80-55(6)70(95-85(66)80)50-71-62(13-2)52(3)67(92-71)51-72(79)93-69)33-38-78(99)90-39-40-91-86(100)61-46-59(31-36-76-87(8,9)81-64-27-18-16-25-57(64)29-34-73(81)96(76)41-20-23-44-108(101,102)103)83(89)60(47-61)32-37-77-88(10,11)82-65-28-19-17-26-58(65)30-35-74(82)97(77)42-21-24-45-109(104,105)106/h16-19,25-32,34-37,49-51,53,56,61,63H,12-15,20-24,33,38-48H2,1-11H3,(H5-,90,91,92,93,94,95,98,99,100,101,102,103,104,105,106)/t53-,56?,63-/m0/s1. The number of hydrogen-bond acceptors (Lipinski definition) is 14. The van der Waals surface area contributed by atoms with Gasteiger partial charge < -0.3 is 35.2 Å². The largest absolute Gasteiger partial charge is 0.748 e. The van der Waals surface area contributed by atoms with Gasteiger partial charge in [0, 0.05) is 137 Å². The minimum absolute atomic E-state index is 0.0907. The van der Waals surface area contributed by atoms with E-state index in [4.69, 9.17) is 31.3 Å². The van der Waals surface area contributed by atoms with E-state index in [1.165, 1.54) is 0 Å². The Balaban J connectivity index is 0.771. The van der Waals surface area contributed by atoms with Crippen molar-refractivity contribution in [1.82, 2.24) is 16.0 Å². The number of aliphatic hydroxyl groups is 1. The number of carbonyl (C=O) groups is 2. The Labute approximate surface area is 647 Å². The van der Waals surface area contributed by atoms with Crippen molar-refractivity contribution in [2.75, 3.05) is 49.2 Å². The van der Waals surface area contributed by atoms with Gasteiger partial charge in [-0.2, -0.15) is 13.0 Å². The minimum atomic E-state index is -4.42. The molecule has 0 saturated carbocycles. The highest BCUT2D eigenvalue weighted by Crippen LogP contribution is 2.53. The van der Waals surface area contributed by atoms with Gasteiger partial charge in [-0.15, -0.1) is 0 Å². The number of allylic oxidation sites excluding steroid dienone is 19. The summed E-state index contributed by atoms with van der Waals surface area (Å²) < 4.78 is 77.8. The van der Waals surface area contributed by atoms with Crippen LogP contribution in [0.2, 0.25) is 0 Å². The first kappa shape index (κ1) is 78.5. The molecular weight excluding hydrogens is 1430 g/mol. The number of carbonyl (C=O) groups excluding carboxylic acids is 2. The number of aliphatic hydroxyl groups excluding tert-OH is 1. The van der Waals surface area contributed by atoms with E-state index in [1.807, 2.05) is 43.3 Å². The van der Waals surface area contributed by atoms with Crippen LogP contribution in [-0.4, -0.2) is 121 Å². The molecule has 0 radical (unpaired) electrons. The van der Waals surface area contributed by atoms with E-state index in [9.17, 15) is 40.6 Å². The predicted octanol–water partition coefficient (Wildman–Crippen LogP) is 17.1. The summed E-state index contributed by atoms with van der Waals surface area (Å²) in [5.41, 5.74) is 20.0. The molecular formula is C88H103ClN8O10S2. The number of ether oxygens (including phenoxy) is 1. The van der Waals surface area contributed by atoms with Crippen LogP contribution in [0.25, 0.3) is 21.5 Å². The van der Waals surface area contributed by atoms with Crippen LogP contribution in [0.4, 0.5) is 11.4 Å². The van der Waals surface area contributed by atoms with Crippen LogP contribution < -0.4 is 20.9 Å². The van der Waals surface area contributed by atoms with Crippen LogP contribution in [0.5, 0.6) is 0 Å². The molecule has 1 saturated heterocycles. The van der Waals surface area contributed by atoms with Crippen molar-refractivity contribution in [3.05, 3.63) is 222 Å². The third kappa shape index (κ3) is 16.0. The number of unbranched alkanes of at least 4 members (excludes halogenated alkanes) is 5. The molecule has 1 fully saturated rings. The van der Waals surface area contributed by atoms with Crippen LogP contribution >= 0.6 is 11.6 Å². The van der Waals surface area contributed by atoms with Crippen molar-refractivity contribution in [2.45, 2.75) is 183 Å². The molecule has 4 atom stereocenters. The molecule has 2 unspecified atom stereocenters. The smallest absolute Gasteiger partial charge is 0.264 e. The van der Waals surface area contributed by atoms with Gasteiger partial charge in [0.25, 0.3) is 10.1 Å². The van der Waals surface area contributed by atoms with Gasteiger partial charge in [0.2, 0.25) is 17.5 Å². The van der Waals surface area contributed by atoms with Crippen molar-refractivity contribution in [3.8, 4) is 0 Å². The second kappa shape index (κ2) is 32.0. The molecule has 21 heteroatoms. The van der Waals surface area contributed by atoms with E-state index in [-0.39, 0.29) is 86.5 Å². The maximum atomic E-state index is 15.0. The highest BCUT2D eigenvalue weighted by molar-refractivity contribution is 7.85. The first-order valence-corrected chi connectivity index (χ1v) is 42.5. The molecule has 2 aliphatic carbocycles. The number of hydrogen-bond donors (Lipinski definition) is 5. The monoisotopic (exact) mass is 1530 g/mol. The van der Waals surface area contributed by atoms with Crippen molar-refractivity contribution in [2.24, 2.45) is 32.7 Å². The zero-order chi connectivity index (χ0) is 77.6. The number of anilines is 1. The predicted molar refractivity (Wildman–Crippen MR) is 438 cm³/mol. The average molecular weight is 1530 g/mol. The molecule has 4 aromatic carbocycles. The number of aliphatic imine (C=N–C) groups is 3. The molecule has 574 valence electrons. The van der Waals surface area contributed by atoms with E-state index in [0.717, 1.165) is 183 Å². The zero-order valence-corrected chi connectivity index (χ0v) is 67.1. The Morgan fingerprint density at radius 3 is 2.21 bits per heavy atom. The van der Waals surface area contributed by atoms with Crippen molar-refractivity contribution in [1.29, 1.82) is 0 Å². The van der Waals surface area contributed by atoms with Crippen LogP contribution in [0.15, 0.2) is 225 Å². The van der Waals surface area contributed by atoms with Gasteiger partial charge in [0.15, 0.2) is 5.71 Å².